The summed E-state index contributed by atoms with van der Waals surface area (Å²) in [7, 11) is 1.83. The van der Waals surface area contributed by atoms with Crippen LogP contribution in [0.15, 0.2) is 97.3 Å². The Hall–Kier alpha value is -3.73. The molecule has 1 heterocycles. The molecule has 1 atom stereocenters. The summed E-state index contributed by atoms with van der Waals surface area (Å²) in [6.45, 7) is 0. The lowest BCUT2D eigenvalue weighted by Gasteiger charge is -2.22. The van der Waals surface area contributed by atoms with Gasteiger partial charge < -0.3 is 9.88 Å². The van der Waals surface area contributed by atoms with Crippen LogP contribution < -0.4 is 5.32 Å². The fraction of sp³-hybridized carbons (Fsp3) is 0.154. The number of amides is 1. The first-order valence-corrected chi connectivity index (χ1v) is 10.2. The van der Waals surface area contributed by atoms with Gasteiger partial charge in [0.2, 0.25) is 5.91 Å². The van der Waals surface area contributed by atoms with Gasteiger partial charge in [0.05, 0.1) is 0 Å². The molecule has 0 aliphatic heterocycles. The van der Waals surface area contributed by atoms with Crippen molar-refractivity contribution in [2.45, 2.75) is 18.4 Å². The molecule has 0 aliphatic rings. The van der Waals surface area contributed by atoms with Crippen molar-refractivity contribution in [2.24, 2.45) is 7.05 Å². The molecule has 3 aromatic carbocycles. The van der Waals surface area contributed by atoms with E-state index in [-0.39, 0.29) is 24.1 Å². The number of nitrogens with one attached hydrogen (secondary N) is 1. The Labute approximate surface area is 181 Å². The van der Waals surface area contributed by atoms with Crippen molar-refractivity contribution in [1.29, 1.82) is 0 Å². The maximum Gasteiger partial charge on any atom is 0.221 e. The highest BCUT2D eigenvalue weighted by atomic mass is 19.1. The number of rotatable bonds is 7. The lowest BCUT2D eigenvalue weighted by molar-refractivity contribution is -0.121. The highest BCUT2D eigenvalue weighted by Crippen LogP contribution is 2.29. The Morgan fingerprint density at radius 3 is 2.06 bits per heavy atom. The molecule has 156 valence electrons. The SMILES string of the molecule is Cn1ccnc1C(NC(=O)CC(c1ccccc1)c1ccccc1)c1ccccc1F. The average Bonchev–Trinajstić information content (AvgIpc) is 3.23. The van der Waals surface area contributed by atoms with E-state index in [2.05, 4.69) is 10.3 Å². The standard InChI is InChI=1S/C26H24FN3O/c1-30-17-16-28-26(30)25(21-14-8-9-15-23(21)27)29-24(31)18-22(19-10-4-2-5-11-19)20-12-6-3-7-13-20/h2-17,22,25H,18H2,1H3,(H,29,31). The second-order valence-electron chi connectivity index (χ2n) is 7.50. The maximum absolute atomic E-state index is 14.6. The van der Waals surface area contributed by atoms with E-state index < -0.39 is 6.04 Å². The van der Waals surface area contributed by atoms with Crippen molar-refractivity contribution in [3.8, 4) is 0 Å². The summed E-state index contributed by atoms with van der Waals surface area (Å²) < 4.78 is 16.4. The third-order valence-electron chi connectivity index (χ3n) is 5.43. The molecular formula is C26H24FN3O. The summed E-state index contributed by atoms with van der Waals surface area (Å²) in [6.07, 6.45) is 3.67. The summed E-state index contributed by atoms with van der Waals surface area (Å²) in [6, 6.07) is 25.7. The van der Waals surface area contributed by atoms with E-state index in [1.165, 1.54) is 6.07 Å². The van der Waals surface area contributed by atoms with Crippen molar-refractivity contribution in [1.82, 2.24) is 14.9 Å². The van der Waals surface area contributed by atoms with Gasteiger partial charge in [0.15, 0.2) is 0 Å². The molecule has 5 heteroatoms. The lowest BCUT2D eigenvalue weighted by Crippen LogP contribution is -2.32. The monoisotopic (exact) mass is 413 g/mol. The lowest BCUT2D eigenvalue weighted by atomic mass is 9.88. The van der Waals surface area contributed by atoms with Gasteiger partial charge in [-0.2, -0.15) is 0 Å². The molecule has 0 spiro atoms. The topological polar surface area (TPSA) is 46.9 Å². The Balaban J connectivity index is 1.64. The molecule has 0 saturated heterocycles. The maximum atomic E-state index is 14.6. The third kappa shape index (κ3) is 4.72. The molecule has 1 N–H and O–H groups in total. The van der Waals surface area contributed by atoms with E-state index in [0.29, 0.717) is 11.4 Å². The van der Waals surface area contributed by atoms with Gasteiger partial charge in [0.25, 0.3) is 0 Å². The van der Waals surface area contributed by atoms with E-state index in [9.17, 15) is 9.18 Å². The van der Waals surface area contributed by atoms with Gasteiger partial charge in [-0.15, -0.1) is 0 Å². The van der Waals surface area contributed by atoms with Crippen LogP contribution >= 0.6 is 0 Å². The van der Waals surface area contributed by atoms with E-state index in [0.717, 1.165) is 11.1 Å². The molecule has 4 nitrogen and oxygen atoms in total. The molecule has 0 fully saturated rings. The Morgan fingerprint density at radius 1 is 0.935 bits per heavy atom. The molecule has 0 aliphatic carbocycles. The van der Waals surface area contributed by atoms with Crippen LogP contribution in [0, 0.1) is 5.82 Å². The van der Waals surface area contributed by atoms with Crippen LogP contribution in [0.2, 0.25) is 0 Å². The minimum absolute atomic E-state index is 0.106. The van der Waals surface area contributed by atoms with Gasteiger partial charge in [-0.25, -0.2) is 9.37 Å². The quantitative estimate of drug-likeness (QED) is 0.464. The van der Waals surface area contributed by atoms with Gasteiger partial charge >= 0.3 is 0 Å². The first-order chi connectivity index (χ1) is 15.1. The zero-order valence-corrected chi connectivity index (χ0v) is 17.3. The van der Waals surface area contributed by atoms with Gasteiger partial charge in [-0.3, -0.25) is 4.79 Å². The third-order valence-corrected chi connectivity index (χ3v) is 5.43. The van der Waals surface area contributed by atoms with Crippen LogP contribution in [0.25, 0.3) is 0 Å². The van der Waals surface area contributed by atoms with Crippen LogP contribution in [-0.4, -0.2) is 15.5 Å². The molecule has 1 unspecified atom stereocenters. The number of carbonyl (C=O) groups is 1. The predicted molar refractivity (Wildman–Crippen MR) is 119 cm³/mol. The Morgan fingerprint density at radius 2 is 1.52 bits per heavy atom. The first-order valence-electron chi connectivity index (χ1n) is 10.2. The number of aryl methyl sites for hydroxylation is 1. The van der Waals surface area contributed by atoms with Crippen LogP contribution in [0.1, 0.15) is 40.9 Å². The van der Waals surface area contributed by atoms with E-state index in [1.54, 1.807) is 35.2 Å². The number of imidazole rings is 1. The van der Waals surface area contributed by atoms with Gasteiger partial charge in [-0.05, 0) is 17.2 Å². The number of hydrogen-bond acceptors (Lipinski definition) is 2. The summed E-state index contributed by atoms with van der Waals surface area (Å²) in [5, 5.41) is 3.03. The fourth-order valence-electron chi connectivity index (χ4n) is 3.85. The molecule has 4 aromatic rings. The van der Waals surface area contributed by atoms with E-state index in [4.69, 9.17) is 0 Å². The van der Waals surface area contributed by atoms with Crippen molar-refractivity contribution >= 4 is 5.91 Å². The summed E-state index contributed by atoms with van der Waals surface area (Å²) in [5.74, 6) is -0.0770. The molecule has 31 heavy (non-hydrogen) atoms. The summed E-state index contributed by atoms with van der Waals surface area (Å²) in [5.41, 5.74) is 2.51. The van der Waals surface area contributed by atoms with E-state index >= 15 is 0 Å². The molecule has 0 saturated carbocycles. The average molecular weight is 413 g/mol. The van der Waals surface area contributed by atoms with Gasteiger partial charge in [-0.1, -0.05) is 78.9 Å². The van der Waals surface area contributed by atoms with Crippen LogP contribution in [0.5, 0.6) is 0 Å². The van der Waals surface area contributed by atoms with Crippen LogP contribution in [-0.2, 0) is 11.8 Å². The fourth-order valence-corrected chi connectivity index (χ4v) is 3.85. The normalized spacial score (nSPS) is 12.0. The molecule has 0 bridgehead atoms. The van der Waals surface area contributed by atoms with Crippen LogP contribution in [0.3, 0.4) is 0 Å². The second-order valence-corrected chi connectivity index (χ2v) is 7.50. The minimum atomic E-state index is -0.680. The second kappa shape index (κ2) is 9.39. The van der Waals surface area contributed by atoms with E-state index in [1.807, 2.05) is 67.7 Å². The van der Waals surface area contributed by atoms with Crippen molar-refractivity contribution in [3.05, 3.63) is 126 Å². The van der Waals surface area contributed by atoms with Crippen LogP contribution in [0.4, 0.5) is 4.39 Å². The smallest absolute Gasteiger partial charge is 0.221 e. The predicted octanol–water partition coefficient (Wildman–Crippen LogP) is 4.99. The number of halogens is 1. The van der Waals surface area contributed by atoms with Gasteiger partial charge in [0, 0.05) is 37.3 Å². The first kappa shape index (κ1) is 20.5. The zero-order valence-electron chi connectivity index (χ0n) is 17.3. The molecule has 1 amide bonds. The van der Waals surface area contributed by atoms with Gasteiger partial charge in [0.1, 0.15) is 17.7 Å². The number of benzene rings is 3. The highest BCUT2D eigenvalue weighted by Gasteiger charge is 2.25. The Bertz CT molecular complexity index is 1100. The number of carbonyl (C=O) groups excluding carboxylic acids is 1. The largest absolute Gasteiger partial charge is 0.342 e. The highest BCUT2D eigenvalue weighted by molar-refractivity contribution is 5.78. The van der Waals surface area contributed by atoms with Crippen molar-refractivity contribution < 1.29 is 9.18 Å². The number of hydrogen-bond donors (Lipinski definition) is 1. The molecule has 1 aromatic heterocycles. The summed E-state index contributed by atoms with van der Waals surface area (Å²) in [4.78, 5) is 17.6. The molecular weight excluding hydrogens is 389 g/mol. The zero-order chi connectivity index (χ0) is 21.6. The number of aromatic nitrogens is 2. The van der Waals surface area contributed by atoms with Crippen molar-refractivity contribution in [2.75, 3.05) is 0 Å². The molecule has 4 rings (SSSR count). The summed E-state index contributed by atoms with van der Waals surface area (Å²) >= 11 is 0. The Kier molecular flexibility index (Phi) is 6.22. The number of nitrogens with zero attached hydrogens (tertiary/aromatic N) is 2. The van der Waals surface area contributed by atoms with Crippen molar-refractivity contribution in [3.63, 3.8) is 0 Å². The minimum Gasteiger partial charge on any atom is -0.342 e. The molecule has 0 radical (unpaired) electrons.